The number of benzene rings is 1. The number of hydrogen-bond acceptors (Lipinski definition) is 8. The van der Waals surface area contributed by atoms with E-state index < -0.39 is 17.9 Å². The summed E-state index contributed by atoms with van der Waals surface area (Å²) in [6.45, 7) is 3.10. The van der Waals surface area contributed by atoms with E-state index in [0.29, 0.717) is 40.9 Å². The quantitative estimate of drug-likeness (QED) is 0.270. The molecule has 1 aromatic carbocycles. The number of aromatic nitrogens is 2. The van der Waals surface area contributed by atoms with Gasteiger partial charge in [0.25, 0.3) is 5.56 Å². The zero-order chi connectivity index (χ0) is 27.6. The number of hydrogen-bond donors (Lipinski definition) is 4. The minimum atomic E-state index is -1.77. The molecule has 4 heterocycles. The molecule has 1 aliphatic carbocycles. The van der Waals surface area contributed by atoms with Crippen LogP contribution in [0.1, 0.15) is 59.2 Å². The van der Waals surface area contributed by atoms with Crippen LogP contribution in [0.3, 0.4) is 0 Å². The molecule has 3 atom stereocenters. The van der Waals surface area contributed by atoms with E-state index in [0.717, 1.165) is 22.1 Å². The molecular weight excluding hydrogens is 509 g/mol. The van der Waals surface area contributed by atoms with E-state index in [1.165, 1.54) is 6.07 Å². The first-order valence-electron chi connectivity index (χ1n) is 13.1. The normalized spacial score (nSPS) is 22.9. The lowest BCUT2D eigenvalue weighted by molar-refractivity contribution is -0.236. The van der Waals surface area contributed by atoms with E-state index in [9.17, 15) is 24.2 Å². The smallest absolute Gasteiger partial charge is 0.257 e. The van der Waals surface area contributed by atoms with Crippen LogP contribution in [-0.4, -0.2) is 56.9 Å². The molecule has 2 aromatic heterocycles. The largest absolute Gasteiger partial charge is 0.394 e. The van der Waals surface area contributed by atoms with Gasteiger partial charge in [0, 0.05) is 28.1 Å². The lowest BCUT2D eigenvalue weighted by Gasteiger charge is -2.37. The summed E-state index contributed by atoms with van der Waals surface area (Å²) in [5.74, 6) is -0.728. The van der Waals surface area contributed by atoms with Gasteiger partial charge < -0.3 is 34.7 Å². The Balaban J connectivity index is 1.56. The van der Waals surface area contributed by atoms with Gasteiger partial charge in [-0.1, -0.05) is 6.92 Å². The van der Waals surface area contributed by atoms with Gasteiger partial charge >= 0.3 is 0 Å². The van der Waals surface area contributed by atoms with Gasteiger partial charge in [0.15, 0.2) is 6.29 Å². The molecule has 39 heavy (non-hydrogen) atoms. The van der Waals surface area contributed by atoms with Gasteiger partial charge in [-0.15, -0.1) is 0 Å². The summed E-state index contributed by atoms with van der Waals surface area (Å²) in [5.41, 5.74) is 2.70. The summed E-state index contributed by atoms with van der Waals surface area (Å²) in [6, 6.07) is 2.63. The number of carbonyl (C=O) groups is 1. The van der Waals surface area contributed by atoms with Crippen molar-refractivity contribution in [2.45, 2.75) is 64.2 Å². The number of fused-ring (bicyclic) bond motifs is 5. The zero-order valence-corrected chi connectivity index (χ0v) is 21.7. The van der Waals surface area contributed by atoms with E-state index in [4.69, 9.17) is 19.6 Å². The van der Waals surface area contributed by atoms with E-state index in [1.807, 2.05) is 0 Å². The summed E-state index contributed by atoms with van der Waals surface area (Å²) >= 11 is 0. The molecule has 11 heteroatoms. The van der Waals surface area contributed by atoms with Crippen molar-refractivity contribution in [2.75, 3.05) is 19.8 Å². The molecule has 2 aliphatic heterocycles. The number of ether oxygens (including phenoxy) is 2. The Hall–Kier alpha value is -3.22. The molecule has 3 aliphatic rings. The Morgan fingerprint density at radius 3 is 2.87 bits per heavy atom. The summed E-state index contributed by atoms with van der Waals surface area (Å²) < 4.78 is 27.1. The molecule has 6 rings (SSSR count). The Labute approximate surface area is 223 Å². The number of aliphatic hydroxyl groups excluding tert-OH is 2. The van der Waals surface area contributed by atoms with Crippen molar-refractivity contribution in [3.05, 3.63) is 61.7 Å². The van der Waals surface area contributed by atoms with Crippen LogP contribution in [0.5, 0.6) is 0 Å². The van der Waals surface area contributed by atoms with E-state index in [1.54, 1.807) is 24.5 Å². The Morgan fingerprint density at radius 1 is 1.33 bits per heavy atom. The number of halogens is 1. The molecule has 1 amide bonds. The Kier molecular flexibility index (Phi) is 6.31. The van der Waals surface area contributed by atoms with Gasteiger partial charge in [-0.3, -0.25) is 9.59 Å². The highest BCUT2D eigenvalue weighted by molar-refractivity contribution is 5.93. The highest BCUT2D eigenvalue weighted by atomic mass is 19.1. The standard InChI is InChI=1S/C28H30FN3O7/c1-3-28(37)17-8-21-25-15(10-32(21)26(35)16(17)11-39-27(28)36)24-19(30-22(34)12-38-7-6-33)5-4-14-13(2)18(29)9-20(31-25)23(14)24/h8-9,19,27,33,36-37H,3-7,10-12H2,1-2H3,(H,30,34)/t19-,27?,28-/m0/s1. The number of nitrogens with one attached hydrogen (secondary N) is 1. The van der Waals surface area contributed by atoms with Crippen molar-refractivity contribution in [2.24, 2.45) is 0 Å². The first-order valence-corrected chi connectivity index (χ1v) is 13.1. The molecular formula is C28H30FN3O7. The van der Waals surface area contributed by atoms with Crippen LogP contribution in [-0.2, 0) is 39.4 Å². The Morgan fingerprint density at radius 2 is 2.13 bits per heavy atom. The number of aliphatic hydroxyl groups is 3. The van der Waals surface area contributed by atoms with Gasteiger partial charge in [0.05, 0.1) is 49.3 Å². The summed E-state index contributed by atoms with van der Waals surface area (Å²) in [5, 5.41) is 34.4. The summed E-state index contributed by atoms with van der Waals surface area (Å²) in [7, 11) is 0. The minimum absolute atomic E-state index is 0.0414. The van der Waals surface area contributed by atoms with E-state index >= 15 is 0 Å². The van der Waals surface area contributed by atoms with E-state index in [-0.39, 0.29) is 62.2 Å². The fourth-order valence-corrected chi connectivity index (χ4v) is 6.28. The SMILES string of the molecule is CC[C@]1(O)c2cc3n(c(=O)c2COC1O)Cc1c-3nc2cc(F)c(C)c3c2c1[C@@H](NC(=O)COCCO)CC3. The molecule has 0 radical (unpaired) electrons. The average Bonchev–Trinajstić information content (AvgIpc) is 3.29. The third kappa shape index (κ3) is 3.83. The third-order valence-corrected chi connectivity index (χ3v) is 8.34. The first kappa shape index (κ1) is 26.0. The van der Waals surface area contributed by atoms with Crippen LogP contribution < -0.4 is 10.9 Å². The van der Waals surface area contributed by atoms with Crippen molar-refractivity contribution in [1.29, 1.82) is 0 Å². The third-order valence-electron chi connectivity index (χ3n) is 8.34. The molecule has 0 fully saturated rings. The molecule has 4 N–H and O–H groups in total. The topological polar surface area (TPSA) is 143 Å². The number of amides is 1. The highest BCUT2D eigenvalue weighted by Crippen LogP contribution is 2.46. The molecule has 0 bridgehead atoms. The fourth-order valence-electron chi connectivity index (χ4n) is 6.28. The maximum atomic E-state index is 15.0. The number of rotatable bonds is 6. The minimum Gasteiger partial charge on any atom is -0.394 e. The van der Waals surface area contributed by atoms with E-state index in [2.05, 4.69) is 5.32 Å². The van der Waals surface area contributed by atoms with Crippen LogP contribution in [0.2, 0.25) is 0 Å². The zero-order valence-electron chi connectivity index (χ0n) is 21.7. The Bertz CT molecular complexity index is 1590. The molecule has 0 spiro atoms. The number of nitrogens with zero attached hydrogens (tertiary/aromatic N) is 2. The van der Waals surface area contributed by atoms with Crippen LogP contribution in [0.15, 0.2) is 16.9 Å². The van der Waals surface area contributed by atoms with Gasteiger partial charge in [0.1, 0.15) is 18.0 Å². The van der Waals surface area contributed by atoms with Crippen molar-refractivity contribution in [3.8, 4) is 11.4 Å². The lowest BCUT2D eigenvalue weighted by Crippen LogP contribution is -2.47. The first-order chi connectivity index (χ1) is 18.7. The lowest BCUT2D eigenvalue weighted by atomic mass is 9.81. The second-order valence-corrected chi connectivity index (χ2v) is 10.4. The maximum absolute atomic E-state index is 15.0. The van der Waals surface area contributed by atoms with Gasteiger partial charge in [-0.2, -0.15) is 0 Å². The predicted molar refractivity (Wildman–Crippen MR) is 137 cm³/mol. The fraction of sp³-hybridized carbons (Fsp3) is 0.464. The molecule has 1 unspecified atom stereocenters. The second kappa shape index (κ2) is 9.46. The average molecular weight is 540 g/mol. The van der Waals surface area contributed by atoms with Crippen LogP contribution in [0.4, 0.5) is 4.39 Å². The molecule has 0 saturated heterocycles. The summed E-state index contributed by atoms with van der Waals surface area (Å²) in [4.78, 5) is 31.2. The molecule has 3 aromatic rings. The van der Waals surface area contributed by atoms with Crippen molar-refractivity contribution in [1.82, 2.24) is 14.9 Å². The highest BCUT2D eigenvalue weighted by Gasteiger charge is 2.45. The predicted octanol–water partition coefficient (Wildman–Crippen LogP) is 1.43. The van der Waals surface area contributed by atoms with Crippen LogP contribution in [0, 0.1) is 12.7 Å². The maximum Gasteiger partial charge on any atom is 0.257 e. The van der Waals surface area contributed by atoms with Gasteiger partial charge in [-0.25, -0.2) is 9.37 Å². The summed E-state index contributed by atoms with van der Waals surface area (Å²) in [6.07, 6.45) is -0.313. The second-order valence-electron chi connectivity index (χ2n) is 10.4. The van der Waals surface area contributed by atoms with Crippen LogP contribution >= 0.6 is 0 Å². The van der Waals surface area contributed by atoms with Crippen molar-refractivity contribution >= 4 is 16.8 Å². The number of pyridine rings is 2. The molecule has 10 nitrogen and oxygen atoms in total. The van der Waals surface area contributed by atoms with Gasteiger partial charge in [-0.05, 0) is 48.9 Å². The van der Waals surface area contributed by atoms with Crippen molar-refractivity contribution < 1.29 is 34.0 Å². The van der Waals surface area contributed by atoms with Gasteiger partial charge in [0.2, 0.25) is 5.91 Å². The molecule has 206 valence electrons. The van der Waals surface area contributed by atoms with Crippen LogP contribution in [0.25, 0.3) is 22.3 Å². The van der Waals surface area contributed by atoms with Crippen molar-refractivity contribution in [3.63, 3.8) is 0 Å². The molecule has 0 saturated carbocycles. The number of carbonyl (C=O) groups excluding carboxylic acids is 1. The monoisotopic (exact) mass is 539 g/mol. The number of aryl methyl sites for hydroxylation is 1.